The van der Waals surface area contributed by atoms with Crippen LogP contribution in [0.4, 0.5) is 0 Å². The van der Waals surface area contributed by atoms with Crippen molar-refractivity contribution in [3.63, 3.8) is 0 Å². The standard InChI is InChI=1S/C15H15ClN2O2/c1-19-13(10-5-3-2-4-6-10)15-17-12-7-8-20-9-11(12)14(16)18-15/h2-6,13H,7-9H2,1H3. The molecule has 1 aliphatic rings. The Balaban J connectivity index is 2.02. The van der Waals surface area contributed by atoms with Gasteiger partial charge in [0, 0.05) is 19.1 Å². The van der Waals surface area contributed by atoms with E-state index in [-0.39, 0.29) is 6.10 Å². The van der Waals surface area contributed by atoms with Gasteiger partial charge in [0.1, 0.15) is 11.3 Å². The summed E-state index contributed by atoms with van der Waals surface area (Å²) in [4.78, 5) is 9.00. The van der Waals surface area contributed by atoms with Crippen LogP contribution < -0.4 is 0 Å². The molecular formula is C15H15ClN2O2. The van der Waals surface area contributed by atoms with Gasteiger partial charge in [0.2, 0.25) is 0 Å². The molecule has 0 aliphatic carbocycles. The van der Waals surface area contributed by atoms with Crippen LogP contribution in [-0.2, 0) is 22.5 Å². The van der Waals surface area contributed by atoms with Crippen molar-refractivity contribution in [3.05, 3.63) is 58.1 Å². The van der Waals surface area contributed by atoms with Gasteiger partial charge in [-0.3, -0.25) is 0 Å². The molecule has 2 aromatic rings. The molecular weight excluding hydrogens is 276 g/mol. The van der Waals surface area contributed by atoms with Gasteiger partial charge >= 0.3 is 0 Å². The molecule has 0 amide bonds. The minimum absolute atomic E-state index is 0.304. The van der Waals surface area contributed by atoms with Gasteiger partial charge < -0.3 is 9.47 Å². The first-order valence-electron chi connectivity index (χ1n) is 6.50. The van der Waals surface area contributed by atoms with Crippen LogP contribution in [0.1, 0.15) is 28.7 Å². The van der Waals surface area contributed by atoms with Crippen LogP contribution in [-0.4, -0.2) is 23.7 Å². The molecule has 5 heteroatoms. The molecule has 1 atom stereocenters. The smallest absolute Gasteiger partial charge is 0.163 e. The first kappa shape index (κ1) is 13.5. The van der Waals surface area contributed by atoms with E-state index in [1.165, 1.54) is 0 Å². The summed E-state index contributed by atoms with van der Waals surface area (Å²) in [5.41, 5.74) is 2.87. The van der Waals surface area contributed by atoms with E-state index in [0.717, 1.165) is 23.2 Å². The van der Waals surface area contributed by atoms with E-state index in [1.807, 2.05) is 30.3 Å². The largest absolute Gasteiger partial charge is 0.376 e. The first-order chi connectivity index (χ1) is 9.79. The van der Waals surface area contributed by atoms with Crippen molar-refractivity contribution < 1.29 is 9.47 Å². The first-order valence-corrected chi connectivity index (χ1v) is 6.88. The Hall–Kier alpha value is -1.49. The Morgan fingerprint density at radius 2 is 2.05 bits per heavy atom. The van der Waals surface area contributed by atoms with Crippen molar-refractivity contribution in [2.45, 2.75) is 19.1 Å². The molecule has 104 valence electrons. The van der Waals surface area contributed by atoms with Crippen LogP contribution in [0.2, 0.25) is 5.15 Å². The Labute approximate surface area is 122 Å². The van der Waals surface area contributed by atoms with Gasteiger partial charge in [-0.2, -0.15) is 0 Å². The van der Waals surface area contributed by atoms with Gasteiger partial charge in [-0.1, -0.05) is 41.9 Å². The van der Waals surface area contributed by atoms with Crippen molar-refractivity contribution in [1.82, 2.24) is 9.97 Å². The number of aromatic nitrogens is 2. The third-order valence-corrected chi connectivity index (χ3v) is 3.67. The maximum absolute atomic E-state index is 6.25. The van der Waals surface area contributed by atoms with Crippen LogP contribution >= 0.6 is 11.6 Å². The van der Waals surface area contributed by atoms with Gasteiger partial charge in [0.25, 0.3) is 0 Å². The van der Waals surface area contributed by atoms with Crippen LogP contribution in [0.15, 0.2) is 30.3 Å². The van der Waals surface area contributed by atoms with E-state index in [9.17, 15) is 0 Å². The SMILES string of the molecule is COC(c1ccccc1)c1nc(Cl)c2c(n1)CCOC2. The zero-order chi connectivity index (χ0) is 13.9. The lowest BCUT2D eigenvalue weighted by atomic mass is 10.1. The maximum atomic E-state index is 6.25. The summed E-state index contributed by atoms with van der Waals surface area (Å²) in [5.74, 6) is 0.601. The highest BCUT2D eigenvalue weighted by Crippen LogP contribution is 2.28. The zero-order valence-electron chi connectivity index (χ0n) is 11.2. The molecule has 0 saturated heterocycles. The molecule has 3 rings (SSSR count). The number of rotatable bonds is 3. The highest BCUT2D eigenvalue weighted by atomic mass is 35.5. The molecule has 0 radical (unpaired) electrons. The van der Waals surface area contributed by atoms with Crippen LogP contribution in [0.3, 0.4) is 0 Å². The lowest BCUT2D eigenvalue weighted by molar-refractivity contribution is 0.106. The highest BCUT2D eigenvalue weighted by molar-refractivity contribution is 6.30. The minimum Gasteiger partial charge on any atom is -0.376 e. The molecule has 1 aromatic heterocycles. The lowest BCUT2D eigenvalue weighted by Gasteiger charge is -2.20. The molecule has 0 spiro atoms. The van der Waals surface area contributed by atoms with E-state index < -0.39 is 0 Å². The van der Waals surface area contributed by atoms with E-state index in [0.29, 0.717) is 24.2 Å². The number of methoxy groups -OCH3 is 1. The molecule has 0 N–H and O–H groups in total. The molecule has 20 heavy (non-hydrogen) atoms. The summed E-state index contributed by atoms with van der Waals surface area (Å²) in [6.45, 7) is 1.15. The lowest BCUT2D eigenvalue weighted by Crippen LogP contribution is -2.17. The molecule has 0 fully saturated rings. The predicted octanol–water partition coefficient (Wildman–Crippen LogP) is 2.94. The number of hydrogen-bond acceptors (Lipinski definition) is 4. The van der Waals surface area contributed by atoms with Crippen LogP contribution in [0.5, 0.6) is 0 Å². The summed E-state index contributed by atoms with van der Waals surface area (Å²) in [6, 6.07) is 9.89. The number of fused-ring (bicyclic) bond motifs is 1. The van der Waals surface area contributed by atoms with E-state index in [2.05, 4.69) is 9.97 Å². The van der Waals surface area contributed by atoms with Gasteiger partial charge in [0.15, 0.2) is 5.82 Å². The molecule has 0 saturated carbocycles. The Morgan fingerprint density at radius 3 is 2.80 bits per heavy atom. The second-order valence-electron chi connectivity index (χ2n) is 4.63. The Kier molecular flexibility index (Phi) is 3.96. The Morgan fingerprint density at radius 1 is 1.25 bits per heavy atom. The molecule has 1 aromatic carbocycles. The van der Waals surface area contributed by atoms with Gasteiger partial charge in [-0.05, 0) is 5.56 Å². The third-order valence-electron chi connectivity index (χ3n) is 3.36. The van der Waals surface area contributed by atoms with E-state index >= 15 is 0 Å². The number of halogens is 1. The normalized spacial score (nSPS) is 15.7. The predicted molar refractivity (Wildman–Crippen MR) is 75.7 cm³/mol. The number of nitrogens with zero attached hydrogens (tertiary/aromatic N) is 2. The van der Waals surface area contributed by atoms with Crippen molar-refractivity contribution in [2.24, 2.45) is 0 Å². The number of ether oxygens (including phenoxy) is 2. The van der Waals surface area contributed by atoms with E-state index in [4.69, 9.17) is 21.1 Å². The average molecular weight is 291 g/mol. The topological polar surface area (TPSA) is 44.2 Å². The van der Waals surface area contributed by atoms with Gasteiger partial charge in [0.05, 0.1) is 18.9 Å². The molecule has 1 aliphatic heterocycles. The molecule has 2 heterocycles. The second-order valence-corrected chi connectivity index (χ2v) is 4.98. The van der Waals surface area contributed by atoms with Gasteiger partial charge in [-0.25, -0.2) is 9.97 Å². The van der Waals surface area contributed by atoms with Crippen molar-refractivity contribution >= 4 is 11.6 Å². The Bertz CT molecular complexity index is 604. The quantitative estimate of drug-likeness (QED) is 0.815. The van der Waals surface area contributed by atoms with Crippen molar-refractivity contribution in [1.29, 1.82) is 0 Å². The van der Waals surface area contributed by atoms with Crippen LogP contribution in [0.25, 0.3) is 0 Å². The van der Waals surface area contributed by atoms with Crippen molar-refractivity contribution in [2.75, 3.05) is 13.7 Å². The van der Waals surface area contributed by atoms with Crippen LogP contribution in [0, 0.1) is 0 Å². The molecule has 0 bridgehead atoms. The van der Waals surface area contributed by atoms with E-state index in [1.54, 1.807) is 7.11 Å². The summed E-state index contributed by atoms with van der Waals surface area (Å²) < 4.78 is 10.9. The molecule has 1 unspecified atom stereocenters. The summed E-state index contributed by atoms with van der Waals surface area (Å²) >= 11 is 6.25. The molecule has 4 nitrogen and oxygen atoms in total. The number of hydrogen-bond donors (Lipinski definition) is 0. The summed E-state index contributed by atoms with van der Waals surface area (Å²) in [6.07, 6.45) is 0.456. The fourth-order valence-corrected chi connectivity index (χ4v) is 2.60. The minimum atomic E-state index is -0.304. The summed E-state index contributed by atoms with van der Waals surface area (Å²) in [7, 11) is 1.65. The fourth-order valence-electron chi connectivity index (χ4n) is 2.35. The van der Waals surface area contributed by atoms with Gasteiger partial charge in [-0.15, -0.1) is 0 Å². The summed E-state index contributed by atoms with van der Waals surface area (Å²) in [5, 5.41) is 0.461. The van der Waals surface area contributed by atoms with Crippen molar-refractivity contribution in [3.8, 4) is 0 Å². The zero-order valence-corrected chi connectivity index (χ0v) is 11.9. The monoisotopic (exact) mass is 290 g/mol. The third kappa shape index (κ3) is 2.54. The number of benzene rings is 1. The highest BCUT2D eigenvalue weighted by Gasteiger charge is 2.22. The fraction of sp³-hybridized carbons (Fsp3) is 0.333. The second kappa shape index (κ2) is 5.87. The maximum Gasteiger partial charge on any atom is 0.163 e. The average Bonchev–Trinajstić information content (AvgIpc) is 2.49.